The van der Waals surface area contributed by atoms with Crippen LogP contribution in [0.2, 0.25) is 5.02 Å². The minimum absolute atomic E-state index is 0.0195. The van der Waals surface area contributed by atoms with Gasteiger partial charge in [-0.25, -0.2) is 0 Å². The zero-order valence-corrected chi connectivity index (χ0v) is 14.8. The van der Waals surface area contributed by atoms with E-state index in [0.29, 0.717) is 6.42 Å². The van der Waals surface area contributed by atoms with Crippen LogP contribution in [-0.4, -0.2) is 18.8 Å². The van der Waals surface area contributed by atoms with Gasteiger partial charge in [-0.3, -0.25) is 4.79 Å². The van der Waals surface area contributed by atoms with Crippen LogP contribution < -0.4 is 10.1 Å². The zero-order valence-electron chi connectivity index (χ0n) is 13.2. The van der Waals surface area contributed by atoms with Crippen LogP contribution in [0.1, 0.15) is 24.9 Å². The van der Waals surface area contributed by atoms with Crippen molar-refractivity contribution in [1.82, 2.24) is 5.32 Å². The summed E-state index contributed by atoms with van der Waals surface area (Å²) in [6, 6.07) is 15.3. The highest BCUT2D eigenvalue weighted by Gasteiger charge is 2.09. The van der Waals surface area contributed by atoms with Crippen molar-refractivity contribution in [1.29, 1.82) is 0 Å². The average molecular weight is 350 g/mol. The molecule has 0 aliphatic carbocycles. The standard InChI is InChI=1S/C18H20ClNO2S/c1-13(14-3-7-16(22-2)8-4-14)20-18(21)11-12-23-17-9-5-15(19)6-10-17/h3-10,13H,11-12H2,1-2H3,(H,20,21)/t13-/m1/s1. The van der Waals surface area contributed by atoms with E-state index in [0.717, 1.165) is 27.0 Å². The Labute approximate surface area is 146 Å². The molecule has 2 aromatic carbocycles. The fraction of sp³-hybridized carbons (Fsp3) is 0.278. The predicted molar refractivity (Wildman–Crippen MR) is 96.3 cm³/mol. The topological polar surface area (TPSA) is 38.3 Å². The lowest BCUT2D eigenvalue weighted by Crippen LogP contribution is -2.26. The first-order chi connectivity index (χ1) is 11.1. The number of hydrogen-bond donors (Lipinski definition) is 1. The van der Waals surface area contributed by atoms with Crippen LogP contribution in [0.25, 0.3) is 0 Å². The second-order valence-electron chi connectivity index (χ2n) is 5.11. The number of rotatable bonds is 7. The molecule has 3 nitrogen and oxygen atoms in total. The summed E-state index contributed by atoms with van der Waals surface area (Å²) in [6.07, 6.45) is 0.480. The SMILES string of the molecule is COc1ccc([C@@H](C)NC(=O)CCSc2ccc(Cl)cc2)cc1. The van der Waals surface area contributed by atoms with Crippen molar-refractivity contribution >= 4 is 29.3 Å². The third kappa shape index (κ3) is 5.81. The summed E-state index contributed by atoms with van der Waals surface area (Å²) < 4.78 is 5.13. The van der Waals surface area contributed by atoms with Gasteiger partial charge in [0.2, 0.25) is 5.91 Å². The highest BCUT2D eigenvalue weighted by molar-refractivity contribution is 7.99. The molecular weight excluding hydrogens is 330 g/mol. The molecule has 1 amide bonds. The number of amides is 1. The molecule has 0 saturated carbocycles. The van der Waals surface area contributed by atoms with E-state index in [4.69, 9.17) is 16.3 Å². The number of benzene rings is 2. The van der Waals surface area contributed by atoms with Crippen LogP contribution in [0.3, 0.4) is 0 Å². The maximum atomic E-state index is 12.0. The first-order valence-corrected chi connectivity index (χ1v) is 8.76. The minimum atomic E-state index is -0.0195. The summed E-state index contributed by atoms with van der Waals surface area (Å²) in [5.41, 5.74) is 1.06. The molecule has 1 atom stereocenters. The molecule has 0 spiro atoms. The smallest absolute Gasteiger partial charge is 0.221 e. The molecule has 0 heterocycles. The fourth-order valence-corrected chi connectivity index (χ4v) is 3.06. The van der Waals surface area contributed by atoms with Gasteiger partial charge in [0.25, 0.3) is 0 Å². The van der Waals surface area contributed by atoms with E-state index in [2.05, 4.69) is 5.32 Å². The van der Waals surface area contributed by atoms with Gasteiger partial charge in [0.15, 0.2) is 0 Å². The van der Waals surface area contributed by atoms with E-state index in [1.165, 1.54) is 0 Å². The molecule has 0 fully saturated rings. The summed E-state index contributed by atoms with van der Waals surface area (Å²) in [6.45, 7) is 1.98. The van der Waals surface area contributed by atoms with E-state index in [-0.39, 0.29) is 11.9 Å². The number of thioether (sulfide) groups is 1. The molecule has 0 aliphatic heterocycles. The van der Waals surface area contributed by atoms with E-state index < -0.39 is 0 Å². The van der Waals surface area contributed by atoms with Crippen LogP contribution >= 0.6 is 23.4 Å². The second-order valence-corrected chi connectivity index (χ2v) is 6.72. The largest absolute Gasteiger partial charge is 0.497 e. The van der Waals surface area contributed by atoms with Crippen molar-refractivity contribution in [2.75, 3.05) is 12.9 Å². The van der Waals surface area contributed by atoms with Gasteiger partial charge in [-0.2, -0.15) is 0 Å². The molecule has 122 valence electrons. The highest BCUT2D eigenvalue weighted by Crippen LogP contribution is 2.21. The van der Waals surface area contributed by atoms with E-state index in [1.54, 1.807) is 18.9 Å². The highest BCUT2D eigenvalue weighted by atomic mass is 35.5. The number of nitrogens with one attached hydrogen (secondary N) is 1. The summed E-state index contributed by atoms with van der Waals surface area (Å²) in [7, 11) is 1.64. The van der Waals surface area contributed by atoms with Gasteiger partial charge in [-0.1, -0.05) is 23.7 Å². The summed E-state index contributed by atoms with van der Waals surface area (Å²) in [5, 5.41) is 3.74. The van der Waals surface area contributed by atoms with Crippen molar-refractivity contribution < 1.29 is 9.53 Å². The van der Waals surface area contributed by atoms with Crippen LogP contribution in [0.4, 0.5) is 0 Å². The van der Waals surface area contributed by atoms with Gasteiger partial charge in [-0.15, -0.1) is 11.8 Å². The van der Waals surface area contributed by atoms with Crippen LogP contribution in [0.5, 0.6) is 5.75 Å². The number of hydrogen-bond acceptors (Lipinski definition) is 3. The van der Waals surface area contributed by atoms with Crippen LogP contribution in [-0.2, 0) is 4.79 Å². The third-order valence-corrected chi connectivity index (χ3v) is 4.67. The summed E-state index contributed by atoms with van der Waals surface area (Å²) >= 11 is 7.50. The van der Waals surface area contributed by atoms with Crippen LogP contribution in [0.15, 0.2) is 53.4 Å². The number of ether oxygens (including phenoxy) is 1. The molecule has 23 heavy (non-hydrogen) atoms. The fourth-order valence-electron chi connectivity index (χ4n) is 2.08. The van der Waals surface area contributed by atoms with E-state index >= 15 is 0 Å². The Morgan fingerprint density at radius 2 is 1.83 bits per heavy atom. The summed E-state index contributed by atoms with van der Waals surface area (Å²) in [4.78, 5) is 13.1. The molecule has 0 aromatic heterocycles. The number of carbonyl (C=O) groups excluding carboxylic acids is 1. The molecule has 0 radical (unpaired) electrons. The second kappa shape index (κ2) is 8.85. The monoisotopic (exact) mass is 349 g/mol. The Balaban J connectivity index is 1.76. The predicted octanol–water partition coefficient (Wildman–Crippen LogP) is 4.71. The lowest BCUT2D eigenvalue weighted by atomic mass is 10.1. The Hall–Kier alpha value is -1.65. The first-order valence-electron chi connectivity index (χ1n) is 7.40. The van der Waals surface area contributed by atoms with Gasteiger partial charge in [0.05, 0.1) is 13.2 Å². The van der Waals surface area contributed by atoms with Crippen molar-refractivity contribution in [3.8, 4) is 5.75 Å². The van der Waals surface area contributed by atoms with Crippen molar-refractivity contribution in [3.05, 3.63) is 59.1 Å². The number of methoxy groups -OCH3 is 1. The number of halogens is 1. The van der Waals surface area contributed by atoms with Crippen LogP contribution in [0, 0.1) is 0 Å². The molecule has 1 N–H and O–H groups in total. The maximum absolute atomic E-state index is 12.0. The molecule has 0 aliphatic rings. The Morgan fingerprint density at radius 3 is 2.43 bits per heavy atom. The molecular formula is C18H20ClNO2S. The molecule has 5 heteroatoms. The average Bonchev–Trinajstić information content (AvgIpc) is 2.56. The Morgan fingerprint density at radius 1 is 1.17 bits per heavy atom. The van der Waals surface area contributed by atoms with Crippen molar-refractivity contribution in [2.24, 2.45) is 0 Å². The maximum Gasteiger partial charge on any atom is 0.221 e. The van der Waals surface area contributed by atoms with Gasteiger partial charge < -0.3 is 10.1 Å². The minimum Gasteiger partial charge on any atom is -0.497 e. The Bertz CT molecular complexity index is 628. The summed E-state index contributed by atoms with van der Waals surface area (Å²) in [5.74, 6) is 1.60. The van der Waals surface area contributed by atoms with Gasteiger partial charge >= 0.3 is 0 Å². The normalized spacial score (nSPS) is 11.8. The zero-order chi connectivity index (χ0) is 16.7. The molecule has 0 unspecified atom stereocenters. The van der Waals surface area contributed by atoms with E-state index in [9.17, 15) is 4.79 Å². The van der Waals surface area contributed by atoms with Gasteiger partial charge in [0.1, 0.15) is 5.75 Å². The Kier molecular flexibility index (Phi) is 6.81. The van der Waals surface area contributed by atoms with Crippen molar-refractivity contribution in [3.63, 3.8) is 0 Å². The molecule has 0 bridgehead atoms. The lowest BCUT2D eigenvalue weighted by molar-refractivity contribution is -0.121. The lowest BCUT2D eigenvalue weighted by Gasteiger charge is -2.14. The van der Waals surface area contributed by atoms with Gasteiger partial charge in [-0.05, 0) is 48.9 Å². The van der Waals surface area contributed by atoms with E-state index in [1.807, 2.05) is 55.5 Å². The van der Waals surface area contributed by atoms with Crippen molar-refractivity contribution in [2.45, 2.75) is 24.3 Å². The van der Waals surface area contributed by atoms with Gasteiger partial charge in [0, 0.05) is 22.1 Å². The quantitative estimate of drug-likeness (QED) is 0.736. The first kappa shape index (κ1) is 17.7. The molecule has 2 rings (SSSR count). The number of carbonyl (C=O) groups is 1. The molecule has 2 aromatic rings. The molecule has 0 saturated heterocycles. The third-order valence-electron chi connectivity index (χ3n) is 3.40.